The lowest BCUT2D eigenvalue weighted by Crippen LogP contribution is -2.27. The van der Waals surface area contributed by atoms with Crippen LogP contribution in [0.4, 0.5) is 0 Å². The summed E-state index contributed by atoms with van der Waals surface area (Å²) in [4.78, 5) is 12.9. The Balaban J connectivity index is 1.96. The van der Waals surface area contributed by atoms with Crippen LogP contribution in [0.1, 0.15) is 31.4 Å². The first kappa shape index (κ1) is 11.5. The number of thioether (sulfide) groups is 1. The van der Waals surface area contributed by atoms with E-state index in [4.69, 9.17) is 0 Å². The molecule has 1 N–H and O–H groups in total. The van der Waals surface area contributed by atoms with Crippen molar-refractivity contribution in [1.29, 1.82) is 0 Å². The van der Waals surface area contributed by atoms with Crippen LogP contribution >= 0.6 is 11.8 Å². The van der Waals surface area contributed by atoms with Gasteiger partial charge in [-0.25, -0.2) is 0 Å². The molecule has 1 saturated carbocycles. The van der Waals surface area contributed by atoms with E-state index in [0.29, 0.717) is 0 Å². The van der Waals surface area contributed by atoms with Gasteiger partial charge in [-0.15, -0.1) is 11.8 Å². The highest BCUT2D eigenvalue weighted by Crippen LogP contribution is 2.29. The van der Waals surface area contributed by atoms with Crippen molar-refractivity contribution < 1.29 is 4.79 Å². The van der Waals surface area contributed by atoms with E-state index in [9.17, 15) is 4.79 Å². The van der Waals surface area contributed by atoms with E-state index in [1.165, 1.54) is 10.5 Å². The molecule has 1 fully saturated rings. The van der Waals surface area contributed by atoms with Crippen LogP contribution in [-0.4, -0.2) is 12.2 Å². The number of rotatable bonds is 4. The van der Waals surface area contributed by atoms with Crippen LogP contribution in [0.15, 0.2) is 29.2 Å². The predicted molar refractivity (Wildman–Crippen MR) is 67.5 cm³/mol. The van der Waals surface area contributed by atoms with Crippen molar-refractivity contribution in [3.8, 4) is 0 Å². The third-order valence-electron chi connectivity index (χ3n) is 2.92. The lowest BCUT2D eigenvalue weighted by Gasteiger charge is -2.14. The van der Waals surface area contributed by atoms with Crippen LogP contribution in [0.2, 0.25) is 0 Å². The largest absolute Gasteiger partial charge is 0.349 e. The average Bonchev–Trinajstić information content (AvgIpc) is 3.13. The smallest absolute Gasteiger partial charge is 0.223 e. The highest BCUT2D eigenvalue weighted by atomic mass is 32.2. The molecule has 0 aromatic heterocycles. The standard InChI is InChI=1S/C13H17NOS/c1-9(14-13(15)11-3-4-11)10-5-7-12(16-2)8-6-10/h5-9,11H,3-4H2,1-2H3,(H,14,15)/t9-/m1/s1. The summed E-state index contributed by atoms with van der Waals surface area (Å²) < 4.78 is 0. The molecule has 16 heavy (non-hydrogen) atoms. The maximum atomic E-state index is 11.6. The quantitative estimate of drug-likeness (QED) is 0.813. The van der Waals surface area contributed by atoms with Gasteiger partial charge in [0.25, 0.3) is 0 Å². The van der Waals surface area contributed by atoms with Crippen LogP contribution < -0.4 is 5.32 Å². The van der Waals surface area contributed by atoms with E-state index < -0.39 is 0 Å². The molecular formula is C13H17NOS. The van der Waals surface area contributed by atoms with Gasteiger partial charge in [0, 0.05) is 10.8 Å². The Bertz CT molecular complexity index is 370. The maximum Gasteiger partial charge on any atom is 0.223 e. The molecule has 0 radical (unpaired) electrons. The van der Waals surface area contributed by atoms with Crippen molar-refractivity contribution in [1.82, 2.24) is 5.32 Å². The Morgan fingerprint density at radius 1 is 1.38 bits per heavy atom. The van der Waals surface area contributed by atoms with Crippen molar-refractivity contribution in [2.24, 2.45) is 5.92 Å². The first-order chi connectivity index (χ1) is 7.70. The van der Waals surface area contributed by atoms with Crippen molar-refractivity contribution in [2.75, 3.05) is 6.26 Å². The van der Waals surface area contributed by atoms with Gasteiger partial charge in [-0.05, 0) is 43.7 Å². The van der Waals surface area contributed by atoms with Crippen LogP contribution in [-0.2, 0) is 4.79 Å². The normalized spacial score (nSPS) is 16.9. The molecule has 3 heteroatoms. The number of nitrogens with one attached hydrogen (secondary N) is 1. The van der Waals surface area contributed by atoms with Crippen LogP contribution in [0, 0.1) is 5.92 Å². The molecule has 1 aliphatic rings. The molecule has 0 spiro atoms. The summed E-state index contributed by atoms with van der Waals surface area (Å²) in [5.74, 6) is 0.495. The monoisotopic (exact) mass is 235 g/mol. The summed E-state index contributed by atoms with van der Waals surface area (Å²) in [6.07, 6.45) is 4.18. The molecule has 1 aliphatic carbocycles. The summed E-state index contributed by atoms with van der Waals surface area (Å²) in [7, 11) is 0. The number of hydrogen-bond donors (Lipinski definition) is 1. The second-order valence-electron chi connectivity index (χ2n) is 4.28. The molecule has 1 aromatic rings. The third kappa shape index (κ3) is 2.79. The highest BCUT2D eigenvalue weighted by molar-refractivity contribution is 7.98. The van der Waals surface area contributed by atoms with E-state index in [2.05, 4.69) is 35.8 Å². The number of carbonyl (C=O) groups is 1. The molecule has 1 amide bonds. The van der Waals surface area contributed by atoms with Gasteiger partial charge in [0.1, 0.15) is 0 Å². The van der Waals surface area contributed by atoms with Crippen LogP contribution in [0.5, 0.6) is 0 Å². The molecule has 0 heterocycles. The lowest BCUT2D eigenvalue weighted by atomic mass is 10.1. The lowest BCUT2D eigenvalue weighted by molar-refractivity contribution is -0.122. The van der Waals surface area contributed by atoms with Gasteiger partial charge < -0.3 is 5.32 Å². The first-order valence-corrected chi connectivity index (χ1v) is 6.87. The minimum Gasteiger partial charge on any atom is -0.349 e. The Labute approximate surface area is 101 Å². The van der Waals surface area contributed by atoms with E-state index in [1.54, 1.807) is 11.8 Å². The minimum absolute atomic E-state index is 0.115. The maximum absolute atomic E-state index is 11.6. The zero-order valence-electron chi connectivity index (χ0n) is 9.69. The molecule has 0 saturated heterocycles. The van der Waals surface area contributed by atoms with E-state index >= 15 is 0 Å². The zero-order chi connectivity index (χ0) is 11.5. The summed E-state index contributed by atoms with van der Waals surface area (Å²) in [6, 6.07) is 8.48. The molecule has 2 nitrogen and oxygen atoms in total. The summed E-state index contributed by atoms with van der Waals surface area (Å²) in [5.41, 5.74) is 1.17. The molecule has 0 unspecified atom stereocenters. The molecule has 1 atom stereocenters. The fourth-order valence-corrected chi connectivity index (χ4v) is 2.06. The van der Waals surface area contributed by atoms with Gasteiger partial charge in [0.2, 0.25) is 5.91 Å². The Hall–Kier alpha value is -0.960. The zero-order valence-corrected chi connectivity index (χ0v) is 10.5. The van der Waals surface area contributed by atoms with Gasteiger partial charge in [0.05, 0.1) is 6.04 Å². The minimum atomic E-state index is 0.115. The van der Waals surface area contributed by atoms with Crippen molar-refractivity contribution in [3.63, 3.8) is 0 Å². The fourth-order valence-electron chi connectivity index (χ4n) is 1.65. The van der Waals surface area contributed by atoms with E-state index in [0.717, 1.165) is 12.8 Å². The molecule has 86 valence electrons. The van der Waals surface area contributed by atoms with Crippen molar-refractivity contribution in [3.05, 3.63) is 29.8 Å². The average molecular weight is 235 g/mol. The van der Waals surface area contributed by atoms with Gasteiger partial charge in [-0.2, -0.15) is 0 Å². The summed E-state index contributed by atoms with van der Waals surface area (Å²) >= 11 is 1.73. The number of hydrogen-bond acceptors (Lipinski definition) is 2. The second-order valence-corrected chi connectivity index (χ2v) is 5.16. The van der Waals surface area contributed by atoms with Crippen LogP contribution in [0.25, 0.3) is 0 Å². The highest BCUT2D eigenvalue weighted by Gasteiger charge is 2.30. The van der Waals surface area contributed by atoms with Crippen molar-refractivity contribution >= 4 is 17.7 Å². The van der Waals surface area contributed by atoms with Crippen molar-refractivity contribution in [2.45, 2.75) is 30.7 Å². The molecular weight excluding hydrogens is 218 g/mol. The van der Waals surface area contributed by atoms with Gasteiger partial charge in [-0.3, -0.25) is 4.79 Å². The Kier molecular flexibility index (Phi) is 3.54. The summed E-state index contributed by atoms with van der Waals surface area (Å²) in [5, 5.41) is 3.05. The van der Waals surface area contributed by atoms with E-state index in [1.807, 2.05) is 6.92 Å². The van der Waals surface area contributed by atoms with Gasteiger partial charge in [-0.1, -0.05) is 12.1 Å². The number of benzene rings is 1. The Morgan fingerprint density at radius 2 is 2.00 bits per heavy atom. The third-order valence-corrected chi connectivity index (χ3v) is 3.67. The second kappa shape index (κ2) is 4.91. The van der Waals surface area contributed by atoms with Gasteiger partial charge in [0.15, 0.2) is 0 Å². The summed E-state index contributed by atoms with van der Waals surface area (Å²) in [6.45, 7) is 2.04. The molecule has 1 aromatic carbocycles. The topological polar surface area (TPSA) is 29.1 Å². The fraction of sp³-hybridized carbons (Fsp3) is 0.462. The van der Waals surface area contributed by atoms with Gasteiger partial charge >= 0.3 is 0 Å². The van der Waals surface area contributed by atoms with Crippen LogP contribution in [0.3, 0.4) is 0 Å². The number of carbonyl (C=O) groups excluding carboxylic acids is 1. The Morgan fingerprint density at radius 3 is 2.50 bits per heavy atom. The van der Waals surface area contributed by atoms with E-state index in [-0.39, 0.29) is 17.9 Å². The predicted octanol–water partition coefficient (Wildman–Crippen LogP) is 3.00. The molecule has 0 aliphatic heterocycles. The first-order valence-electron chi connectivity index (χ1n) is 5.65. The number of amides is 1. The molecule has 2 rings (SSSR count). The SMILES string of the molecule is CSc1ccc([C@@H](C)NC(=O)C2CC2)cc1. The molecule has 0 bridgehead atoms.